The molecule has 98 valence electrons. The molecule has 0 spiro atoms. The maximum atomic E-state index is 11.6. The van der Waals surface area contributed by atoms with Crippen molar-refractivity contribution in [3.63, 3.8) is 0 Å². The van der Waals surface area contributed by atoms with Gasteiger partial charge < -0.3 is 14.2 Å². The van der Waals surface area contributed by atoms with Crippen molar-refractivity contribution in [3.05, 3.63) is 23.0 Å². The molecule has 4 heteroatoms. The fourth-order valence-corrected chi connectivity index (χ4v) is 2.96. The van der Waals surface area contributed by atoms with E-state index in [4.69, 9.17) is 14.2 Å². The highest BCUT2D eigenvalue weighted by Gasteiger charge is 2.54. The molecular weight excluding hydrogens is 232 g/mol. The van der Waals surface area contributed by atoms with E-state index in [2.05, 4.69) is 0 Å². The van der Waals surface area contributed by atoms with E-state index in [0.29, 0.717) is 6.42 Å². The number of carbonyl (C=O) groups excluding carboxylic acids is 1. The second-order valence-corrected chi connectivity index (χ2v) is 5.66. The molecule has 18 heavy (non-hydrogen) atoms. The number of allylic oxidation sites excluding steroid dienone is 3. The molecule has 2 saturated heterocycles. The molecule has 0 N–H and O–H groups in total. The number of ether oxygens (including phenoxy) is 3. The Morgan fingerprint density at radius 3 is 2.78 bits per heavy atom. The molecule has 0 amide bonds. The van der Waals surface area contributed by atoms with Crippen LogP contribution >= 0.6 is 0 Å². The average molecular weight is 250 g/mol. The fraction of sp³-hybridized carbons (Fsp3) is 0.643. The van der Waals surface area contributed by atoms with Crippen LogP contribution in [0.3, 0.4) is 0 Å². The van der Waals surface area contributed by atoms with Crippen molar-refractivity contribution < 1.29 is 19.0 Å². The predicted molar refractivity (Wildman–Crippen MR) is 64.5 cm³/mol. The third kappa shape index (κ3) is 1.71. The number of hydrogen-bond acceptors (Lipinski definition) is 4. The lowest BCUT2D eigenvalue weighted by Gasteiger charge is -2.25. The summed E-state index contributed by atoms with van der Waals surface area (Å²) in [6.45, 7) is 7.33. The number of fused-ring (bicyclic) bond motifs is 3. The highest BCUT2D eigenvalue weighted by molar-refractivity contribution is 5.94. The zero-order valence-corrected chi connectivity index (χ0v) is 11.1. The van der Waals surface area contributed by atoms with E-state index in [1.165, 1.54) is 0 Å². The van der Waals surface area contributed by atoms with Gasteiger partial charge in [-0.25, -0.2) is 0 Å². The first kappa shape index (κ1) is 11.9. The molecule has 2 heterocycles. The van der Waals surface area contributed by atoms with Gasteiger partial charge >= 0.3 is 0 Å². The number of carbonyl (C=O) groups is 1. The number of Topliss-reactive ketones (excluding diaryl/α,β-unsaturated/α-hetero) is 1. The SMILES string of the molecule is CC(=O)C1=C(C)C=C2O[C@@H]3OC(C)(C)O[C@@H]3[C@H]2C1. The van der Waals surface area contributed by atoms with Gasteiger partial charge in [-0.15, -0.1) is 0 Å². The molecule has 0 aromatic carbocycles. The minimum absolute atomic E-state index is 0.103. The topological polar surface area (TPSA) is 44.8 Å². The molecule has 0 radical (unpaired) electrons. The van der Waals surface area contributed by atoms with Gasteiger partial charge in [-0.2, -0.15) is 0 Å². The Kier molecular flexibility index (Phi) is 2.44. The van der Waals surface area contributed by atoms with E-state index >= 15 is 0 Å². The van der Waals surface area contributed by atoms with Crippen LogP contribution in [0.15, 0.2) is 23.0 Å². The first-order valence-corrected chi connectivity index (χ1v) is 6.32. The van der Waals surface area contributed by atoms with Crippen LogP contribution in [0.25, 0.3) is 0 Å². The second kappa shape index (κ2) is 3.68. The zero-order chi connectivity index (χ0) is 13.1. The van der Waals surface area contributed by atoms with Gasteiger partial charge in [0.25, 0.3) is 0 Å². The van der Waals surface area contributed by atoms with Gasteiger partial charge in [0.1, 0.15) is 11.9 Å². The Balaban J connectivity index is 1.89. The van der Waals surface area contributed by atoms with Crippen LogP contribution in [0.4, 0.5) is 0 Å². The summed E-state index contributed by atoms with van der Waals surface area (Å²) in [4.78, 5) is 11.6. The monoisotopic (exact) mass is 250 g/mol. The smallest absolute Gasteiger partial charge is 0.229 e. The lowest BCUT2D eigenvalue weighted by atomic mass is 9.85. The maximum Gasteiger partial charge on any atom is 0.229 e. The molecule has 3 rings (SSSR count). The molecule has 3 aliphatic rings. The number of ketones is 1. The highest BCUT2D eigenvalue weighted by atomic mass is 16.8. The molecule has 3 atom stereocenters. The van der Waals surface area contributed by atoms with Gasteiger partial charge in [-0.1, -0.05) is 0 Å². The van der Waals surface area contributed by atoms with Crippen LogP contribution < -0.4 is 0 Å². The second-order valence-electron chi connectivity index (χ2n) is 5.66. The lowest BCUT2D eigenvalue weighted by molar-refractivity contribution is -0.186. The first-order valence-electron chi connectivity index (χ1n) is 6.32. The van der Waals surface area contributed by atoms with Crippen LogP contribution in [0.1, 0.15) is 34.1 Å². The van der Waals surface area contributed by atoms with Gasteiger partial charge in [0.15, 0.2) is 11.6 Å². The van der Waals surface area contributed by atoms with Gasteiger partial charge in [0, 0.05) is 0 Å². The summed E-state index contributed by atoms with van der Waals surface area (Å²) in [5, 5.41) is 0. The van der Waals surface area contributed by atoms with Crippen molar-refractivity contribution in [2.24, 2.45) is 5.92 Å². The van der Waals surface area contributed by atoms with Crippen molar-refractivity contribution >= 4 is 5.78 Å². The van der Waals surface area contributed by atoms with Crippen LogP contribution in [0.2, 0.25) is 0 Å². The van der Waals surface area contributed by atoms with Gasteiger partial charge in [-0.3, -0.25) is 4.79 Å². The van der Waals surface area contributed by atoms with E-state index in [-0.39, 0.29) is 24.1 Å². The van der Waals surface area contributed by atoms with Crippen molar-refractivity contribution in [1.29, 1.82) is 0 Å². The van der Waals surface area contributed by atoms with E-state index < -0.39 is 5.79 Å². The Morgan fingerprint density at radius 1 is 1.39 bits per heavy atom. The summed E-state index contributed by atoms with van der Waals surface area (Å²) < 4.78 is 17.4. The third-order valence-corrected chi connectivity index (χ3v) is 3.79. The Morgan fingerprint density at radius 2 is 2.11 bits per heavy atom. The maximum absolute atomic E-state index is 11.6. The normalized spacial score (nSPS) is 36.9. The van der Waals surface area contributed by atoms with Crippen molar-refractivity contribution in [2.75, 3.05) is 0 Å². The van der Waals surface area contributed by atoms with E-state index in [1.807, 2.05) is 26.8 Å². The molecule has 2 aliphatic heterocycles. The quantitative estimate of drug-likeness (QED) is 0.716. The van der Waals surface area contributed by atoms with Gasteiger partial charge in [0.05, 0.1) is 5.92 Å². The molecular formula is C14H18O4. The first-order chi connectivity index (χ1) is 8.37. The minimum atomic E-state index is -0.604. The Hall–Kier alpha value is -1.13. The van der Waals surface area contributed by atoms with Gasteiger partial charge in [-0.05, 0) is 51.3 Å². The molecule has 0 saturated carbocycles. The van der Waals surface area contributed by atoms with Crippen LogP contribution in [0, 0.1) is 5.92 Å². The van der Waals surface area contributed by atoms with E-state index in [1.54, 1.807) is 6.92 Å². The van der Waals surface area contributed by atoms with Crippen LogP contribution in [0.5, 0.6) is 0 Å². The predicted octanol–water partition coefficient (Wildman–Crippen LogP) is 2.30. The number of hydrogen-bond donors (Lipinski definition) is 0. The average Bonchev–Trinajstić information content (AvgIpc) is 2.67. The van der Waals surface area contributed by atoms with Crippen molar-refractivity contribution in [1.82, 2.24) is 0 Å². The minimum Gasteiger partial charge on any atom is -0.466 e. The third-order valence-electron chi connectivity index (χ3n) is 3.79. The zero-order valence-electron chi connectivity index (χ0n) is 11.1. The Labute approximate surface area is 107 Å². The largest absolute Gasteiger partial charge is 0.466 e. The molecule has 0 unspecified atom stereocenters. The highest BCUT2D eigenvalue weighted by Crippen LogP contribution is 2.47. The standard InChI is InChI=1S/C14H18O4/c1-7-5-11-10(6-9(7)8(2)15)12-13(16-11)18-14(3,4)17-12/h5,10,12-13H,6H2,1-4H3/t10-,12+,13+/m0/s1. The van der Waals surface area contributed by atoms with Crippen LogP contribution in [-0.2, 0) is 19.0 Å². The lowest BCUT2D eigenvalue weighted by Crippen LogP contribution is -2.27. The molecule has 4 nitrogen and oxygen atoms in total. The van der Waals surface area contributed by atoms with Crippen molar-refractivity contribution in [2.45, 2.75) is 52.3 Å². The molecule has 0 aromatic heterocycles. The number of rotatable bonds is 1. The van der Waals surface area contributed by atoms with Gasteiger partial charge in [0.2, 0.25) is 6.29 Å². The summed E-state index contributed by atoms with van der Waals surface area (Å²) in [6.07, 6.45) is 2.19. The van der Waals surface area contributed by atoms with E-state index in [0.717, 1.165) is 16.9 Å². The Bertz CT molecular complexity index is 472. The molecule has 2 fully saturated rings. The van der Waals surface area contributed by atoms with E-state index in [9.17, 15) is 4.79 Å². The summed E-state index contributed by atoms with van der Waals surface area (Å²) in [6, 6.07) is 0. The van der Waals surface area contributed by atoms with Crippen molar-refractivity contribution in [3.8, 4) is 0 Å². The summed E-state index contributed by atoms with van der Waals surface area (Å²) in [7, 11) is 0. The van der Waals surface area contributed by atoms with Crippen LogP contribution in [-0.4, -0.2) is 24.0 Å². The summed E-state index contributed by atoms with van der Waals surface area (Å²) >= 11 is 0. The molecule has 1 aliphatic carbocycles. The summed E-state index contributed by atoms with van der Waals surface area (Å²) in [5.41, 5.74) is 1.87. The fourth-order valence-electron chi connectivity index (χ4n) is 2.96. The molecule has 0 aromatic rings. The summed E-state index contributed by atoms with van der Waals surface area (Å²) in [5.74, 6) is 0.528. The molecule has 0 bridgehead atoms.